The van der Waals surface area contributed by atoms with Crippen LogP contribution in [0.15, 0.2) is 78.0 Å². The molecule has 5 heteroatoms. The Kier molecular flexibility index (Phi) is 4.77. The lowest BCUT2D eigenvalue weighted by Crippen LogP contribution is -2.47. The van der Waals surface area contributed by atoms with Crippen LogP contribution in [0.2, 0.25) is 0 Å². The lowest BCUT2D eigenvalue weighted by Gasteiger charge is -2.38. The van der Waals surface area contributed by atoms with Gasteiger partial charge in [-0.3, -0.25) is 4.79 Å². The highest BCUT2D eigenvalue weighted by molar-refractivity contribution is 6.08. The molecule has 0 aromatic heterocycles. The lowest BCUT2D eigenvalue weighted by molar-refractivity contribution is -0.127. The van der Waals surface area contributed by atoms with Crippen LogP contribution in [0.3, 0.4) is 0 Å². The SMILES string of the molecule is CC(C)(C)OC(=O)N1CCC2=C(C1=O)C(c1ccccc1)c1c(ccc3ccccc13)N2. The molecule has 0 aliphatic carbocycles. The quantitative estimate of drug-likeness (QED) is 0.533. The first-order valence-corrected chi connectivity index (χ1v) is 10.9. The summed E-state index contributed by atoms with van der Waals surface area (Å²) in [7, 11) is 0. The van der Waals surface area contributed by atoms with Gasteiger partial charge in [-0.05, 0) is 48.7 Å². The molecule has 2 aliphatic heterocycles. The second-order valence-electron chi connectivity index (χ2n) is 9.30. The first-order chi connectivity index (χ1) is 15.3. The van der Waals surface area contributed by atoms with Gasteiger partial charge >= 0.3 is 6.09 Å². The van der Waals surface area contributed by atoms with Crippen molar-refractivity contribution in [1.82, 2.24) is 4.90 Å². The summed E-state index contributed by atoms with van der Waals surface area (Å²) in [5, 5.41) is 5.72. The molecule has 0 bridgehead atoms. The summed E-state index contributed by atoms with van der Waals surface area (Å²) >= 11 is 0. The van der Waals surface area contributed by atoms with Crippen molar-refractivity contribution in [3.63, 3.8) is 0 Å². The number of carbonyl (C=O) groups is 2. The monoisotopic (exact) mass is 426 g/mol. The number of imide groups is 1. The molecule has 3 aromatic rings. The second kappa shape index (κ2) is 7.52. The van der Waals surface area contributed by atoms with Crippen molar-refractivity contribution in [2.75, 3.05) is 11.9 Å². The molecular weight excluding hydrogens is 400 g/mol. The zero-order valence-electron chi connectivity index (χ0n) is 18.5. The molecule has 2 amide bonds. The molecule has 32 heavy (non-hydrogen) atoms. The van der Waals surface area contributed by atoms with Gasteiger partial charge in [0.25, 0.3) is 5.91 Å². The van der Waals surface area contributed by atoms with Gasteiger partial charge in [0.15, 0.2) is 0 Å². The van der Waals surface area contributed by atoms with Crippen molar-refractivity contribution in [2.45, 2.75) is 38.7 Å². The normalized spacial score (nSPS) is 18.2. The van der Waals surface area contributed by atoms with Crippen LogP contribution in [0.25, 0.3) is 10.8 Å². The standard InChI is InChI=1S/C27H26N2O3/c1-27(2,3)32-26(31)29-16-15-21-24(25(29)30)22(18-10-5-4-6-11-18)23-19-12-8-7-9-17(19)13-14-20(23)28-21/h4-14,22,28H,15-16H2,1-3H3. The van der Waals surface area contributed by atoms with Crippen LogP contribution in [0.1, 0.15) is 44.2 Å². The molecule has 2 aliphatic rings. The summed E-state index contributed by atoms with van der Waals surface area (Å²) < 4.78 is 5.53. The largest absolute Gasteiger partial charge is 0.443 e. The summed E-state index contributed by atoms with van der Waals surface area (Å²) in [6.45, 7) is 5.72. The Labute approximate surface area is 187 Å². The van der Waals surface area contributed by atoms with Gasteiger partial charge in [0.2, 0.25) is 0 Å². The molecule has 0 spiro atoms. The number of nitrogens with zero attached hydrogens (tertiary/aromatic N) is 1. The minimum absolute atomic E-state index is 0.272. The van der Waals surface area contributed by atoms with E-state index in [2.05, 4.69) is 29.6 Å². The molecule has 3 aromatic carbocycles. The van der Waals surface area contributed by atoms with Crippen LogP contribution in [0.4, 0.5) is 10.5 Å². The molecule has 0 fully saturated rings. The fourth-order valence-corrected chi connectivity index (χ4v) is 4.65. The zero-order valence-corrected chi connectivity index (χ0v) is 18.5. The maximum atomic E-state index is 13.7. The van der Waals surface area contributed by atoms with E-state index in [0.717, 1.165) is 33.3 Å². The molecule has 1 atom stereocenters. The Morgan fingerprint density at radius 2 is 1.72 bits per heavy atom. The minimum atomic E-state index is -0.668. The number of anilines is 1. The summed E-state index contributed by atoms with van der Waals surface area (Å²) in [6, 6.07) is 22.4. The van der Waals surface area contributed by atoms with Crippen LogP contribution >= 0.6 is 0 Å². The third-order valence-corrected chi connectivity index (χ3v) is 5.97. The second-order valence-corrected chi connectivity index (χ2v) is 9.30. The molecule has 162 valence electrons. The van der Waals surface area contributed by atoms with E-state index in [1.807, 2.05) is 42.5 Å². The van der Waals surface area contributed by atoms with Crippen molar-refractivity contribution < 1.29 is 14.3 Å². The van der Waals surface area contributed by atoms with Gasteiger partial charge in [0.05, 0.1) is 0 Å². The minimum Gasteiger partial charge on any atom is -0.443 e. The first kappa shape index (κ1) is 20.3. The van der Waals surface area contributed by atoms with Crippen LogP contribution in [0, 0.1) is 0 Å². The maximum Gasteiger partial charge on any atom is 0.417 e. The van der Waals surface area contributed by atoms with Crippen molar-refractivity contribution in [3.05, 3.63) is 89.1 Å². The fourth-order valence-electron chi connectivity index (χ4n) is 4.65. The summed E-state index contributed by atoms with van der Waals surface area (Å²) in [6.07, 6.45) is -0.0276. The van der Waals surface area contributed by atoms with E-state index in [-0.39, 0.29) is 11.8 Å². The van der Waals surface area contributed by atoms with Crippen LogP contribution in [-0.2, 0) is 9.53 Å². The molecule has 0 saturated carbocycles. The zero-order chi connectivity index (χ0) is 22.5. The fraction of sp³-hybridized carbons (Fsp3) is 0.259. The predicted octanol–water partition coefficient (Wildman–Crippen LogP) is 5.82. The Morgan fingerprint density at radius 1 is 1.00 bits per heavy atom. The Balaban J connectivity index is 1.67. The third-order valence-electron chi connectivity index (χ3n) is 5.97. The van der Waals surface area contributed by atoms with Crippen molar-refractivity contribution in [2.24, 2.45) is 0 Å². The summed E-state index contributed by atoms with van der Waals surface area (Å²) in [4.78, 5) is 27.8. The number of nitrogens with one attached hydrogen (secondary N) is 1. The molecule has 5 rings (SSSR count). The Morgan fingerprint density at radius 3 is 2.47 bits per heavy atom. The van der Waals surface area contributed by atoms with E-state index in [0.29, 0.717) is 18.5 Å². The van der Waals surface area contributed by atoms with Gasteiger partial charge in [-0.15, -0.1) is 0 Å². The van der Waals surface area contributed by atoms with Gasteiger partial charge in [0.1, 0.15) is 5.60 Å². The Hall–Kier alpha value is -3.60. The molecule has 0 radical (unpaired) electrons. The number of hydrogen-bond acceptors (Lipinski definition) is 4. The highest BCUT2D eigenvalue weighted by Crippen LogP contribution is 2.47. The lowest BCUT2D eigenvalue weighted by atomic mass is 9.76. The Bertz CT molecular complexity index is 1250. The van der Waals surface area contributed by atoms with Crippen LogP contribution < -0.4 is 5.32 Å². The molecule has 0 saturated heterocycles. The number of ether oxygens (including phenoxy) is 1. The van der Waals surface area contributed by atoms with Gasteiger partial charge in [-0.2, -0.15) is 0 Å². The number of hydrogen-bond donors (Lipinski definition) is 1. The average Bonchev–Trinajstić information content (AvgIpc) is 2.77. The number of fused-ring (bicyclic) bond motifs is 3. The summed E-state index contributed by atoms with van der Waals surface area (Å²) in [5.41, 5.74) is 3.93. The van der Waals surface area contributed by atoms with Crippen LogP contribution in [-0.4, -0.2) is 29.0 Å². The topological polar surface area (TPSA) is 58.6 Å². The van der Waals surface area contributed by atoms with Crippen molar-refractivity contribution in [1.29, 1.82) is 0 Å². The molecule has 1 unspecified atom stereocenters. The molecule has 1 N–H and O–H groups in total. The van der Waals surface area contributed by atoms with Crippen molar-refractivity contribution >= 4 is 28.5 Å². The van der Waals surface area contributed by atoms with E-state index >= 15 is 0 Å². The number of amides is 2. The first-order valence-electron chi connectivity index (χ1n) is 10.9. The van der Waals surface area contributed by atoms with Gasteiger partial charge < -0.3 is 10.1 Å². The summed E-state index contributed by atoms with van der Waals surface area (Å²) in [5.74, 6) is -0.563. The number of rotatable bonds is 1. The maximum absolute atomic E-state index is 13.7. The smallest absolute Gasteiger partial charge is 0.417 e. The van der Waals surface area contributed by atoms with Crippen LogP contribution in [0.5, 0.6) is 0 Å². The molecular formula is C27H26N2O3. The highest BCUT2D eigenvalue weighted by atomic mass is 16.6. The number of benzene rings is 3. The van der Waals surface area contributed by atoms with Gasteiger partial charge in [0, 0.05) is 35.8 Å². The third kappa shape index (κ3) is 3.44. The van der Waals surface area contributed by atoms with E-state index in [4.69, 9.17) is 4.74 Å². The van der Waals surface area contributed by atoms with E-state index in [1.165, 1.54) is 4.90 Å². The average molecular weight is 427 g/mol. The number of carbonyl (C=O) groups excluding carboxylic acids is 2. The van der Waals surface area contributed by atoms with E-state index in [9.17, 15) is 9.59 Å². The van der Waals surface area contributed by atoms with E-state index < -0.39 is 11.7 Å². The predicted molar refractivity (Wildman–Crippen MR) is 125 cm³/mol. The molecule has 2 heterocycles. The van der Waals surface area contributed by atoms with Gasteiger partial charge in [-0.1, -0.05) is 60.7 Å². The van der Waals surface area contributed by atoms with E-state index in [1.54, 1.807) is 20.8 Å². The van der Waals surface area contributed by atoms with Gasteiger partial charge in [-0.25, -0.2) is 9.69 Å². The van der Waals surface area contributed by atoms with Crippen molar-refractivity contribution in [3.8, 4) is 0 Å². The highest BCUT2D eigenvalue weighted by Gasteiger charge is 2.41. The molecule has 5 nitrogen and oxygen atoms in total.